The third-order valence-electron chi connectivity index (χ3n) is 13.1. The second-order valence-electron chi connectivity index (χ2n) is 16.3. The average Bonchev–Trinajstić information content (AvgIpc) is 4.07. The van der Waals surface area contributed by atoms with E-state index in [1.54, 1.807) is 0 Å². The van der Waals surface area contributed by atoms with Crippen LogP contribution in [0.2, 0.25) is 0 Å². The maximum atomic E-state index is 5.57. The highest BCUT2D eigenvalue weighted by atomic mass is 15.2. The Labute approximate surface area is 355 Å². The lowest BCUT2D eigenvalue weighted by Gasteiger charge is -2.26. The molecule has 62 heavy (non-hydrogen) atoms. The Morgan fingerprint density at radius 2 is 0.774 bits per heavy atom. The SMILES string of the molecule is c1ccc(N(c2ccccc2)c2cccc3c4c5ccccc5cc5c6c7c8cccc9c%10cccc(N(c%11ccccc%11)c%11ccccc%11)c%10n(c7ncc6n(c23)c54)c98)cc1. The van der Waals surface area contributed by atoms with Crippen LogP contribution in [0.4, 0.5) is 34.1 Å². The molecule has 0 radical (unpaired) electrons. The minimum absolute atomic E-state index is 0.963. The maximum absolute atomic E-state index is 5.57. The molecule has 0 saturated heterocycles. The van der Waals surface area contributed by atoms with Gasteiger partial charge in [0.15, 0.2) is 0 Å². The van der Waals surface area contributed by atoms with Crippen LogP contribution in [0.1, 0.15) is 0 Å². The van der Waals surface area contributed by atoms with Gasteiger partial charge in [0, 0.05) is 65.8 Å². The number of para-hydroxylation sites is 7. The van der Waals surface area contributed by atoms with E-state index in [1.165, 1.54) is 70.4 Å². The summed E-state index contributed by atoms with van der Waals surface area (Å²) in [5, 5.41) is 12.3. The smallest absolute Gasteiger partial charge is 0.146 e. The minimum atomic E-state index is 0.963. The van der Waals surface area contributed by atoms with Crippen molar-refractivity contribution in [1.82, 2.24) is 13.8 Å². The first kappa shape index (κ1) is 33.4. The molecule has 0 fully saturated rings. The summed E-state index contributed by atoms with van der Waals surface area (Å²) < 4.78 is 4.97. The second kappa shape index (κ2) is 12.6. The third kappa shape index (κ3) is 4.38. The van der Waals surface area contributed by atoms with Gasteiger partial charge in [-0.1, -0.05) is 140 Å². The fraction of sp³-hybridized carbons (Fsp3) is 0. The first-order chi connectivity index (χ1) is 30.8. The molecule has 0 bridgehead atoms. The van der Waals surface area contributed by atoms with Crippen molar-refractivity contribution < 1.29 is 0 Å². The number of hydrogen-bond donors (Lipinski definition) is 0. The van der Waals surface area contributed by atoms with Gasteiger partial charge in [-0.3, -0.25) is 4.40 Å². The van der Waals surface area contributed by atoms with E-state index in [0.717, 1.165) is 50.8 Å². The Morgan fingerprint density at radius 3 is 1.35 bits per heavy atom. The summed E-state index contributed by atoms with van der Waals surface area (Å²) in [7, 11) is 0. The summed E-state index contributed by atoms with van der Waals surface area (Å²) >= 11 is 0. The summed E-state index contributed by atoms with van der Waals surface area (Å²) in [5.74, 6) is 0. The molecular formula is C57H35N5. The van der Waals surface area contributed by atoms with Crippen molar-refractivity contribution in [3.63, 3.8) is 0 Å². The normalized spacial score (nSPS) is 12.2. The summed E-state index contributed by atoms with van der Waals surface area (Å²) in [6.07, 6.45) is 2.14. The lowest BCUT2D eigenvalue weighted by Crippen LogP contribution is -2.10. The van der Waals surface area contributed by atoms with E-state index in [1.807, 2.05) is 0 Å². The molecular weight excluding hydrogens is 755 g/mol. The standard InChI is InChI=1S/C57H35N5/c1-5-19-37(20-6-1)59(38-21-7-2-8-22-38)47-32-16-29-43-42-28-15-30-45-52-51-46-34-36-18-13-14-27-41(36)50-44-31-17-33-48(60(39-23-9-3-10-24-39)40-25-11-4-12-26-40)55(44)61(56(46)50)49(51)35-58-57(52)62(53(42)45)54(43)47/h1-35H. The number of hydrogen-bond acceptors (Lipinski definition) is 3. The summed E-state index contributed by atoms with van der Waals surface area (Å²) in [6, 6.07) is 74.5. The molecule has 9 aromatic carbocycles. The van der Waals surface area contributed by atoms with Crippen molar-refractivity contribution in [1.29, 1.82) is 0 Å². The van der Waals surface area contributed by atoms with Crippen LogP contribution >= 0.6 is 0 Å². The molecule has 0 aliphatic carbocycles. The van der Waals surface area contributed by atoms with E-state index >= 15 is 0 Å². The van der Waals surface area contributed by atoms with Gasteiger partial charge in [0.05, 0.1) is 45.2 Å². The van der Waals surface area contributed by atoms with Crippen LogP contribution in [0.15, 0.2) is 212 Å². The molecule has 0 unspecified atom stereocenters. The summed E-state index contributed by atoms with van der Waals surface area (Å²) in [6.45, 7) is 0. The topological polar surface area (TPSA) is 28.2 Å². The van der Waals surface area contributed by atoms with Crippen molar-refractivity contribution >= 4 is 121 Å². The highest BCUT2D eigenvalue weighted by molar-refractivity contribution is 6.38. The van der Waals surface area contributed by atoms with E-state index in [9.17, 15) is 0 Å². The summed E-state index contributed by atoms with van der Waals surface area (Å²) in [5.41, 5.74) is 13.4. The molecule has 0 aliphatic rings. The van der Waals surface area contributed by atoms with Gasteiger partial charge in [0.1, 0.15) is 5.65 Å². The number of nitrogens with zero attached hydrogens (tertiary/aromatic N) is 5. The van der Waals surface area contributed by atoms with Crippen LogP contribution in [0.25, 0.3) is 87.1 Å². The van der Waals surface area contributed by atoms with Crippen LogP contribution in [-0.4, -0.2) is 13.8 Å². The molecule has 5 aromatic heterocycles. The zero-order valence-electron chi connectivity index (χ0n) is 33.4. The molecule has 14 aromatic rings. The predicted octanol–water partition coefficient (Wildman–Crippen LogP) is 15.5. The van der Waals surface area contributed by atoms with Gasteiger partial charge in [-0.15, -0.1) is 0 Å². The maximum Gasteiger partial charge on any atom is 0.146 e. The Morgan fingerprint density at radius 1 is 0.323 bits per heavy atom. The highest BCUT2D eigenvalue weighted by Crippen LogP contribution is 2.51. The van der Waals surface area contributed by atoms with E-state index < -0.39 is 0 Å². The Hall–Kier alpha value is -8.41. The van der Waals surface area contributed by atoms with Crippen LogP contribution in [0.3, 0.4) is 0 Å². The third-order valence-corrected chi connectivity index (χ3v) is 13.1. The number of anilines is 6. The van der Waals surface area contributed by atoms with Crippen molar-refractivity contribution in [2.75, 3.05) is 9.80 Å². The first-order valence-electron chi connectivity index (χ1n) is 21.2. The quantitative estimate of drug-likeness (QED) is 0.168. The number of pyridine rings is 1. The van der Waals surface area contributed by atoms with Gasteiger partial charge in [0.2, 0.25) is 0 Å². The molecule has 0 saturated carbocycles. The Bertz CT molecular complexity index is 3950. The van der Waals surface area contributed by atoms with E-state index in [-0.39, 0.29) is 0 Å². The molecule has 0 aliphatic heterocycles. The fourth-order valence-corrected chi connectivity index (χ4v) is 10.7. The molecule has 5 nitrogen and oxygen atoms in total. The van der Waals surface area contributed by atoms with Gasteiger partial charge in [-0.25, -0.2) is 4.98 Å². The molecule has 288 valence electrons. The van der Waals surface area contributed by atoms with Crippen LogP contribution in [-0.2, 0) is 0 Å². The van der Waals surface area contributed by atoms with E-state index in [0.29, 0.717) is 0 Å². The van der Waals surface area contributed by atoms with E-state index in [2.05, 4.69) is 231 Å². The fourth-order valence-electron chi connectivity index (χ4n) is 10.7. The van der Waals surface area contributed by atoms with Gasteiger partial charge in [-0.2, -0.15) is 0 Å². The molecule has 0 spiro atoms. The van der Waals surface area contributed by atoms with Gasteiger partial charge in [0.25, 0.3) is 0 Å². The van der Waals surface area contributed by atoms with Gasteiger partial charge in [-0.05, 0) is 77.5 Å². The Balaban J connectivity index is 1.16. The number of benzene rings is 9. The van der Waals surface area contributed by atoms with Crippen molar-refractivity contribution in [3.8, 4) is 0 Å². The average molecular weight is 790 g/mol. The first-order valence-corrected chi connectivity index (χ1v) is 21.2. The minimum Gasteiger partial charge on any atom is -0.308 e. The van der Waals surface area contributed by atoms with Crippen molar-refractivity contribution in [2.24, 2.45) is 0 Å². The molecule has 5 heteroatoms. The molecule has 5 heterocycles. The zero-order chi connectivity index (χ0) is 40.5. The van der Waals surface area contributed by atoms with Crippen molar-refractivity contribution in [2.45, 2.75) is 0 Å². The molecule has 0 atom stereocenters. The largest absolute Gasteiger partial charge is 0.308 e. The molecule has 0 N–H and O–H groups in total. The van der Waals surface area contributed by atoms with Gasteiger partial charge >= 0.3 is 0 Å². The van der Waals surface area contributed by atoms with Crippen LogP contribution < -0.4 is 9.80 Å². The lowest BCUT2D eigenvalue weighted by atomic mass is 9.98. The zero-order valence-corrected chi connectivity index (χ0v) is 33.4. The van der Waals surface area contributed by atoms with E-state index in [4.69, 9.17) is 4.98 Å². The number of fused-ring (bicyclic) bond motifs is 15. The molecule has 0 amide bonds. The molecule has 14 rings (SSSR count). The predicted molar refractivity (Wildman–Crippen MR) is 260 cm³/mol. The van der Waals surface area contributed by atoms with Crippen LogP contribution in [0.5, 0.6) is 0 Å². The second-order valence-corrected chi connectivity index (χ2v) is 16.3. The lowest BCUT2D eigenvalue weighted by molar-refractivity contribution is 1.23. The number of aromatic nitrogens is 3. The monoisotopic (exact) mass is 789 g/mol. The van der Waals surface area contributed by atoms with Crippen molar-refractivity contribution in [3.05, 3.63) is 212 Å². The number of rotatable bonds is 6. The van der Waals surface area contributed by atoms with Gasteiger partial charge < -0.3 is 14.2 Å². The Kier molecular flexibility index (Phi) is 6.77. The van der Waals surface area contributed by atoms with Crippen LogP contribution in [0, 0.1) is 0 Å². The highest BCUT2D eigenvalue weighted by Gasteiger charge is 2.29. The summed E-state index contributed by atoms with van der Waals surface area (Å²) in [4.78, 5) is 10.3.